The minimum absolute atomic E-state index is 0.0765. The van der Waals surface area contributed by atoms with Gasteiger partial charge in [-0.1, -0.05) is 20.8 Å². The highest BCUT2D eigenvalue weighted by atomic mass is 16.1. The Hall–Kier alpha value is -1.12. The molecule has 0 N–H and O–H groups in total. The average molecular weight is 236 g/mol. The summed E-state index contributed by atoms with van der Waals surface area (Å²) in [5.74, 6) is 0.748. The topological polar surface area (TPSA) is 32.7 Å². The maximum Gasteiger partial charge on any atom is 0.152 e. The van der Waals surface area contributed by atoms with Gasteiger partial charge in [0.25, 0.3) is 0 Å². The zero-order valence-electron chi connectivity index (χ0n) is 11.7. The summed E-state index contributed by atoms with van der Waals surface area (Å²) in [4.78, 5) is 17.8. The van der Waals surface area contributed by atoms with Crippen LogP contribution in [0.25, 0.3) is 0 Å². The van der Waals surface area contributed by atoms with E-state index in [1.165, 1.54) is 12.8 Å². The minimum atomic E-state index is -0.113. The number of nitrogens with zero attached hydrogens (tertiary/aromatic N) is 2. The molecule has 17 heavy (non-hydrogen) atoms. The third-order valence-corrected chi connectivity index (χ3v) is 3.13. The number of hydrogen-bond acceptors (Lipinski definition) is 3. The Morgan fingerprint density at radius 3 is 2.29 bits per heavy atom. The monoisotopic (exact) mass is 236 g/mol. The van der Waals surface area contributed by atoms with Crippen LogP contribution in [-0.2, 0) is 4.79 Å². The number of rotatable bonds is 5. The van der Waals surface area contributed by atoms with E-state index in [9.17, 15) is 4.79 Å². The molecule has 1 fully saturated rings. The van der Waals surface area contributed by atoms with Gasteiger partial charge >= 0.3 is 0 Å². The summed E-state index contributed by atoms with van der Waals surface area (Å²) in [5.41, 5.74) is 0.940. The maximum atomic E-state index is 11.8. The number of carbonyl (C=O) groups is 1. The summed E-state index contributed by atoms with van der Waals surface area (Å²) in [5, 5.41) is 0. The summed E-state index contributed by atoms with van der Waals surface area (Å²) >= 11 is 0. The van der Waals surface area contributed by atoms with E-state index in [0.29, 0.717) is 5.92 Å². The van der Waals surface area contributed by atoms with Crippen molar-refractivity contribution in [3.05, 3.63) is 11.9 Å². The Bertz CT molecular complexity index is 335. The van der Waals surface area contributed by atoms with Crippen LogP contribution in [0, 0.1) is 11.3 Å². The molecule has 3 nitrogen and oxygen atoms in total. The quantitative estimate of drug-likeness (QED) is 0.688. The predicted molar refractivity (Wildman–Crippen MR) is 72.0 cm³/mol. The first-order valence-electron chi connectivity index (χ1n) is 6.18. The molecule has 0 aromatic carbocycles. The van der Waals surface area contributed by atoms with Crippen molar-refractivity contribution in [3.8, 4) is 0 Å². The smallest absolute Gasteiger partial charge is 0.152 e. The van der Waals surface area contributed by atoms with Gasteiger partial charge in [-0.25, -0.2) is 0 Å². The molecule has 3 heteroatoms. The van der Waals surface area contributed by atoms with E-state index in [1.54, 1.807) is 6.92 Å². The molecule has 0 heterocycles. The second-order valence-corrected chi connectivity index (χ2v) is 6.03. The highest BCUT2D eigenvalue weighted by Crippen LogP contribution is 2.37. The number of hydrogen-bond donors (Lipinski definition) is 0. The van der Waals surface area contributed by atoms with E-state index in [1.807, 2.05) is 18.1 Å². The fraction of sp³-hybridized carbons (Fsp3) is 0.714. The van der Waals surface area contributed by atoms with Crippen LogP contribution in [0.2, 0.25) is 0 Å². The maximum absolute atomic E-state index is 11.8. The second-order valence-electron chi connectivity index (χ2n) is 6.03. The molecule has 0 radical (unpaired) electrons. The minimum Gasteiger partial charge on any atom is -0.368 e. The molecule has 0 aromatic heterocycles. The van der Waals surface area contributed by atoms with Crippen molar-refractivity contribution in [3.63, 3.8) is 0 Å². The SMILES string of the molecule is C=N/C(=C\N(C)C(C(C)=O)C(C)(C)C)C1CC1. The molecular formula is C14H24N2O. The molecule has 1 rings (SSSR count). The van der Waals surface area contributed by atoms with Crippen molar-refractivity contribution in [2.75, 3.05) is 7.05 Å². The number of allylic oxidation sites excluding steroid dienone is 1. The predicted octanol–water partition coefficient (Wildman–Crippen LogP) is 2.87. The Morgan fingerprint density at radius 1 is 1.47 bits per heavy atom. The molecule has 0 aliphatic heterocycles. The molecular weight excluding hydrogens is 212 g/mol. The summed E-state index contributed by atoms with van der Waals surface area (Å²) in [6, 6.07) is -0.113. The highest BCUT2D eigenvalue weighted by molar-refractivity contribution is 5.82. The number of aliphatic imine (C=N–C) groups is 1. The zero-order chi connectivity index (χ0) is 13.2. The Morgan fingerprint density at radius 2 is 2.00 bits per heavy atom. The van der Waals surface area contributed by atoms with Crippen LogP contribution in [0.4, 0.5) is 0 Å². The van der Waals surface area contributed by atoms with Crippen LogP contribution in [-0.4, -0.2) is 30.5 Å². The molecule has 0 bridgehead atoms. The summed E-state index contributed by atoms with van der Waals surface area (Å²) in [7, 11) is 1.95. The largest absolute Gasteiger partial charge is 0.368 e. The number of ketones is 1. The van der Waals surface area contributed by atoms with Crippen molar-refractivity contribution >= 4 is 12.5 Å². The van der Waals surface area contributed by atoms with Crippen molar-refractivity contribution in [2.24, 2.45) is 16.3 Å². The van der Waals surface area contributed by atoms with Gasteiger partial charge in [-0.15, -0.1) is 0 Å². The molecule has 1 atom stereocenters. The van der Waals surface area contributed by atoms with E-state index in [-0.39, 0.29) is 17.2 Å². The van der Waals surface area contributed by atoms with Gasteiger partial charge in [-0.2, -0.15) is 0 Å². The molecule has 1 saturated carbocycles. The third-order valence-electron chi connectivity index (χ3n) is 3.13. The Balaban J connectivity index is 2.88. The van der Waals surface area contributed by atoms with Gasteiger partial charge in [0.15, 0.2) is 5.78 Å². The average Bonchev–Trinajstić information content (AvgIpc) is 2.93. The molecule has 1 aliphatic rings. The van der Waals surface area contributed by atoms with E-state index < -0.39 is 0 Å². The second kappa shape index (κ2) is 5.03. The van der Waals surface area contributed by atoms with Gasteiger partial charge in [0.2, 0.25) is 0 Å². The van der Waals surface area contributed by atoms with Crippen molar-refractivity contribution in [2.45, 2.75) is 46.6 Å². The normalized spacial score (nSPS) is 18.8. The molecule has 0 amide bonds. The molecule has 1 aliphatic carbocycles. The molecule has 0 saturated heterocycles. The Labute approximate surface area is 105 Å². The van der Waals surface area contributed by atoms with Crippen LogP contribution in [0.15, 0.2) is 16.9 Å². The van der Waals surface area contributed by atoms with Gasteiger partial charge in [0.05, 0.1) is 11.7 Å². The first-order chi connectivity index (χ1) is 7.77. The fourth-order valence-corrected chi connectivity index (χ4v) is 2.45. The number of carbonyl (C=O) groups excluding carboxylic acids is 1. The molecule has 96 valence electrons. The number of likely N-dealkylation sites (N-methyl/N-ethyl adjacent to an activating group) is 1. The van der Waals surface area contributed by atoms with Gasteiger partial charge < -0.3 is 4.90 Å². The Kier molecular flexibility index (Phi) is 4.12. The van der Waals surface area contributed by atoms with E-state index in [2.05, 4.69) is 32.5 Å². The van der Waals surface area contributed by atoms with Crippen LogP contribution >= 0.6 is 0 Å². The lowest BCUT2D eigenvalue weighted by atomic mass is 9.83. The first-order valence-corrected chi connectivity index (χ1v) is 6.18. The van der Waals surface area contributed by atoms with E-state index in [0.717, 1.165) is 5.70 Å². The summed E-state index contributed by atoms with van der Waals surface area (Å²) < 4.78 is 0. The standard InChI is InChI=1S/C14H24N2O/c1-10(17)13(14(2,3)4)16(6)9-12(15-5)11-7-8-11/h9,11,13H,5,7-8H2,1-4,6H3/b12-9-. The lowest BCUT2D eigenvalue weighted by Crippen LogP contribution is -2.44. The molecule has 0 spiro atoms. The van der Waals surface area contributed by atoms with Crippen LogP contribution in [0.3, 0.4) is 0 Å². The van der Waals surface area contributed by atoms with Gasteiger partial charge in [0, 0.05) is 19.2 Å². The summed E-state index contributed by atoms with van der Waals surface area (Å²) in [6.07, 6.45) is 4.37. The van der Waals surface area contributed by atoms with Gasteiger partial charge in [-0.3, -0.25) is 9.79 Å². The lowest BCUT2D eigenvalue weighted by Gasteiger charge is -2.35. The van der Waals surface area contributed by atoms with Crippen molar-refractivity contribution in [1.82, 2.24) is 4.90 Å². The zero-order valence-corrected chi connectivity index (χ0v) is 11.7. The van der Waals surface area contributed by atoms with Crippen molar-refractivity contribution < 1.29 is 4.79 Å². The lowest BCUT2D eigenvalue weighted by molar-refractivity contribution is -0.124. The van der Waals surface area contributed by atoms with Crippen LogP contribution < -0.4 is 0 Å². The van der Waals surface area contributed by atoms with E-state index >= 15 is 0 Å². The molecule has 1 unspecified atom stereocenters. The van der Waals surface area contributed by atoms with Crippen molar-refractivity contribution in [1.29, 1.82) is 0 Å². The van der Waals surface area contributed by atoms with E-state index in [4.69, 9.17) is 0 Å². The van der Waals surface area contributed by atoms with Gasteiger partial charge in [0.1, 0.15) is 0 Å². The van der Waals surface area contributed by atoms with Gasteiger partial charge in [-0.05, 0) is 31.9 Å². The fourth-order valence-electron chi connectivity index (χ4n) is 2.45. The number of Topliss-reactive ketones (excluding diaryl/α,β-unsaturated/α-hetero) is 1. The van der Waals surface area contributed by atoms with Crippen LogP contribution in [0.5, 0.6) is 0 Å². The molecule has 0 aromatic rings. The summed E-state index contributed by atoms with van der Waals surface area (Å²) in [6.45, 7) is 11.5. The first kappa shape index (κ1) is 13.9. The van der Waals surface area contributed by atoms with Crippen LogP contribution in [0.1, 0.15) is 40.5 Å². The highest BCUT2D eigenvalue weighted by Gasteiger charge is 2.32. The third kappa shape index (κ3) is 3.69.